The van der Waals surface area contributed by atoms with Gasteiger partial charge in [0.05, 0.1) is 11.1 Å². The molecule has 0 unspecified atom stereocenters. The van der Waals surface area contributed by atoms with Crippen molar-refractivity contribution < 1.29 is 22.7 Å². The van der Waals surface area contributed by atoms with Gasteiger partial charge in [0.25, 0.3) is 0 Å². The van der Waals surface area contributed by atoms with Gasteiger partial charge in [0, 0.05) is 5.69 Å². The van der Waals surface area contributed by atoms with E-state index in [0.29, 0.717) is 0 Å². The Morgan fingerprint density at radius 2 is 1.78 bits per heavy atom. The molecular formula is C12H14F3NO2. The third kappa shape index (κ3) is 3.38. The van der Waals surface area contributed by atoms with Crippen LogP contribution in [0.1, 0.15) is 36.7 Å². The predicted octanol–water partition coefficient (Wildman–Crippen LogP) is 3.24. The molecule has 100 valence electrons. The Bertz CT molecular complexity index is 461. The fourth-order valence-corrected chi connectivity index (χ4v) is 1.36. The highest BCUT2D eigenvalue weighted by molar-refractivity contribution is 5.97. The van der Waals surface area contributed by atoms with Gasteiger partial charge in [-0.2, -0.15) is 13.2 Å². The molecule has 18 heavy (non-hydrogen) atoms. The number of rotatable bonds is 1. The zero-order valence-electron chi connectivity index (χ0n) is 10.3. The third-order valence-electron chi connectivity index (χ3n) is 2.01. The molecule has 0 heterocycles. The minimum absolute atomic E-state index is 0.251. The van der Waals surface area contributed by atoms with Crippen molar-refractivity contribution in [2.75, 3.05) is 5.73 Å². The van der Waals surface area contributed by atoms with Gasteiger partial charge in [0.2, 0.25) is 0 Å². The van der Waals surface area contributed by atoms with E-state index in [0.717, 1.165) is 12.1 Å². The number of anilines is 1. The first-order valence-corrected chi connectivity index (χ1v) is 5.21. The minimum Gasteiger partial charge on any atom is -0.456 e. The summed E-state index contributed by atoms with van der Waals surface area (Å²) in [6.45, 7) is 4.70. The number of nitrogens with two attached hydrogens (primary N) is 1. The van der Waals surface area contributed by atoms with Crippen molar-refractivity contribution in [3.63, 3.8) is 0 Å². The van der Waals surface area contributed by atoms with Crippen LogP contribution in [-0.2, 0) is 10.9 Å². The maximum atomic E-state index is 12.8. The molecule has 0 aliphatic rings. The van der Waals surface area contributed by atoms with Crippen molar-refractivity contribution in [3.8, 4) is 0 Å². The summed E-state index contributed by atoms with van der Waals surface area (Å²) in [5.41, 5.74) is 2.57. The summed E-state index contributed by atoms with van der Waals surface area (Å²) in [5.74, 6) is -1.08. The topological polar surface area (TPSA) is 52.3 Å². The fraction of sp³-hybridized carbons (Fsp3) is 0.417. The summed E-state index contributed by atoms with van der Waals surface area (Å²) < 4.78 is 43.2. The van der Waals surface area contributed by atoms with Crippen molar-refractivity contribution in [1.82, 2.24) is 0 Å². The number of ether oxygens (including phenoxy) is 1. The van der Waals surface area contributed by atoms with Gasteiger partial charge in [-0.15, -0.1) is 0 Å². The van der Waals surface area contributed by atoms with Crippen LogP contribution in [0.15, 0.2) is 18.2 Å². The number of alkyl halides is 3. The van der Waals surface area contributed by atoms with Crippen molar-refractivity contribution in [3.05, 3.63) is 29.3 Å². The second-order valence-electron chi connectivity index (χ2n) is 4.77. The second-order valence-corrected chi connectivity index (χ2v) is 4.77. The summed E-state index contributed by atoms with van der Waals surface area (Å²) in [4.78, 5) is 11.7. The Hall–Kier alpha value is -1.72. The summed E-state index contributed by atoms with van der Waals surface area (Å²) in [6.07, 6.45) is -4.65. The minimum atomic E-state index is -4.65. The molecule has 1 aromatic rings. The number of carbonyl (C=O) groups excluding carboxylic acids is 1. The molecule has 2 N–H and O–H groups in total. The molecule has 0 aromatic heterocycles. The molecule has 0 bridgehead atoms. The van der Waals surface area contributed by atoms with E-state index >= 15 is 0 Å². The first kappa shape index (κ1) is 14.3. The molecule has 0 saturated carbocycles. The van der Waals surface area contributed by atoms with Crippen LogP contribution in [0.4, 0.5) is 18.9 Å². The number of hydrogen-bond acceptors (Lipinski definition) is 3. The SMILES string of the molecule is CC(C)(C)OC(=O)c1c(N)cccc1C(F)(F)F. The zero-order chi connectivity index (χ0) is 14.1. The number of hydrogen-bond donors (Lipinski definition) is 1. The van der Waals surface area contributed by atoms with E-state index in [4.69, 9.17) is 10.5 Å². The molecule has 3 nitrogen and oxygen atoms in total. The van der Waals surface area contributed by atoms with Gasteiger partial charge in [-0.25, -0.2) is 4.79 Å². The van der Waals surface area contributed by atoms with E-state index in [1.165, 1.54) is 6.07 Å². The predicted molar refractivity (Wildman–Crippen MR) is 61.0 cm³/mol. The quantitative estimate of drug-likeness (QED) is 0.623. The number of benzene rings is 1. The van der Waals surface area contributed by atoms with Crippen molar-refractivity contribution in [2.24, 2.45) is 0 Å². The summed E-state index contributed by atoms with van der Waals surface area (Å²) in [5, 5.41) is 0. The molecule has 0 aliphatic heterocycles. The Morgan fingerprint density at radius 3 is 2.22 bits per heavy atom. The molecule has 0 aliphatic carbocycles. The molecular weight excluding hydrogens is 247 g/mol. The maximum absolute atomic E-state index is 12.8. The summed E-state index contributed by atoms with van der Waals surface area (Å²) >= 11 is 0. The molecule has 0 fully saturated rings. The highest BCUT2D eigenvalue weighted by atomic mass is 19.4. The largest absolute Gasteiger partial charge is 0.456 e. The molecule has 0 atom stereocenters. The first-order valence-electron chi connectivity index (χ1n) is 5.21. The molecule has 1 rings (SSSR count). The van der Waals surface area contributed by atoms with Crippen LogP contribution in [0.2, 0.25) is 0 Å². The van der Waals surface area contributed by atoms with Crippen LogP contribution >= 0.6 is 0 Å². The molecule has 0 radical (unpaired) electrons. The third-order valence-corrected chi connectivity index (χ3v) is 2.01. The smallest absolute Gasteiger partial charge is 0.417 e. The summed E-state index contributed by atoms with van der Waals surface area (Å²) in [7, 11) is 0. The average Bonchev–Trinajstić information content (AvgIpc) is 2.12. The van der Waals surface area contributed by atoms with E-state index in [-0.39, 0.29) is 5.69 Å². The Labute approximate surface area is 103 Å². The first-order chi connectivity index (χ1) is 8.02. The van der Waals surface area contributed by atoms with E-state index in [1.807, 2.05) is 0 Å². The van der Waals surface area contributed by atoms with Crippen LogP contribution in [0, 0.1) is 0 Å². The molecule has 1 aromatic carbocycles. The standard InChI is InChI=1S/C12H14F3NO2/c1-11(2,3)18-10(17)9-7(12(13,14)15)5-4-6-8(9)16/h4-6H,16H2,1-3H3. The van der Waals surface area contributed by atoms with Crippen LogP contribution in [0.3, 0.4) is 0 Å². The van der Waals surface area contributed by atoms with E-state index in [9.17, 15) is 18.0 Å². The Balaban J connectivity index is 3.27. The van der Waals surface area contributed by atoms with E-state index in [1.54, 1.807) is 20.8 Å². The van der Waals surface area contributed by atoms with Gasteiger partial charge in [-0.05, 0) is 32.9 Å². The molecule has 0 saturated heterocycles. The van der Waals surface area contributed by atoms with Crippen molar-refractivity contribution in [1.29, 1.82) is 0 Å². The lowest BCUT2D eigenvalue weighted by Crippen LogP contribution is -2.26. The highest BCUT2D eigenvalue weighted by Crippen LogP contribution is 2.35. The van der Waals surface area contributed by atoms with Crippen LogP contribution in [-0.4, -0.2) is 11.6 Å². The van der Waals surface area contributed by atoms with Gasteiger partial charge in [0.15, 0.2) is 0 Å². The normalized spacial score (nSPS) is 12.3. The number of nitrogen functional groups attached to an aromatic ring is 1. The van der Waals surface area contributed by atoms with Crippen LogP contribution in [0.25, 0.3) is 0 Å². The fourth-order valence-electron chi connectivity index (χ4n) is 1.36. The monoisotopic (exact) mass is 261 g/mol. The molecule has 6 heteroatoms. The average molecular weight is 261 g/mol. The lowest BCUT2D eigenvalue weighted by Gasteiger charge is -2.21. The molecule has 0 spiro atoms. The van der Waals surface area contributed by atoms with Gasteiger partial charge in [-0.1, -0.05) is 6.07 Å². The highest BCUT2D eigenvalue weighted by Gasteiger charge is 2.37. The summed E-state index contributed by atoms with van der Waals surface area (Å²) in [6, 6.07) is 3.18. The van der Waals surface area contributed by atoms with Crippen molar-refractivity contribution in [2.45, 2.75) is 32.5 Å². The second kappa shape index (κ2) is 4.51. The lowest BCUT2D eigenvalue weighted by atomic mass is 10.0. The Morgan fingerprint density at radius 1 is 1.22 bits per heavy atom. The Kier molecular flexibility index (Phi) is 3.59. The van der Waals surface area contributed by atoms with Crippen LogP contribution < -0.4 is 5.73 Å². The van der Waals surface area contributed by atoms with Gasteiger partial charge >= 0.3 is 12.1 Å². The van der Waals surface area contributed by atoms with Crippen LogP contribution in [0.5, 0.6) is 0 Å². The number of esters is 1. The van der Waals surface area contributed by atoms with Gasteiger partial charge in [-0.3, -0.25) is 0 Å². The van der Waals surface area contributed by atoms with Gasteiger partial charge in [0.1, 0.15) is 5.60 Å². The van der Waals surface area contributed by atoms with Crippen molar-refractivity contribution >= 4 is 11.7 Å². The van der Waals surface area contributed by atoms with E-state index < -0.39 is 28.9 Å². The van der Waals surface area contributed by atoms with E-state index in [2.05, 4.69) is 0 Å². The molecule has 0 amide bonds. The number of carbonyl (C=O) groups is 1. The number of halogens is 3. The maximum Gasteiger partial charge on any atom is 0.417 e. The zero-order valence-corrected chi connectivity index (χ0v) is 10.3. The van der Waals surface area contributed by atoms with Gasteiger partial charge < -0.3 is 10.5 Å². The lowest BCUT2D eigenvalue weighted by molar-refractivity contribution is -0.138.